The summed E-state index contributed by atoms with van der Waals surface area (Å²) in [6.45, 7) is 2.13. The van der Waals surface area contributed by atoms with E-state index in [-0.39, 0.29) is 0 Å². The number of aliphatic imine (C=N–C) groups is 1. The monoisotopic (exact) mass is 288 g/mol. The van der Waals surface area contributed by atoms with Crippen molar-refractivity contribution in [1.82, 2.24) is 4.90 Å². The van der Waals surface area contributed by atoms with Crippen molar-refractivity contribution in [2.45, 2.75) is 19.4 Å². The Bertz CT molecular complexity index is 409. The second kappa shape index (κ2) is 8.82. The third kappa shape index (κ3) is 14.7. The van der Waals surface area contributed by atoms with E-state index in [0.717, 1.165) is 6.42 Å². The van der Waals surface area contributed by atoms with Gasteiger partial charge in [0.25, 0.3) is 0 Å². The summed E-state index contributed by atoms with van der Waals surface area (Å²) >= 11 is 0. The number of phosphoric acid groups is 1. The van der Waals surface area contributed by atoms with Crippen molar-refractivity contribution >= 4 is 14.2 Å². The second-order valence-electron chi connectivity index (χ2n) is 4.28. The zero-order chi connectivity index (χ0) is 14.9. The van der Waals surface area contributed by atoms with Crippen molar-refractivity contribution in [3.63, 3.8) is 0 Å². The molecule has 0 aromatic heterocycles. The average Bonchev–Trinajstić information content (AvgIpc) is 2.25. The van der Waals surface area contributed by atoms with E-state index < -0.39 is 7.82 Å². The number of benzene rings is 1. The van der Waals surface area contributed by atoms with Gasteiger partial charge in [-0.3, -0.25) is 4.99 Å². The minimum absolute atomic E-state index is 0.347. The van der Waals surface area contributed by atoms with Crippen molar-refractivity contribution in [1.29, 1.82) is 0 Å². The Morgan fingerprint density at radius 1 is 1.26 bits per heavy atom. The number of hydrogen-bond donors (Lipinski definition) is 3. The van der Waals surface area contributed by atoms with E-state index in [9.17, 15) is 0 Å². The van der Waals surface area contributed by atoms with Crippen molar-refractivity contribution in [2.24, 2.45) is 4.99 Å². The van der Waals surface area contributed by atoms with Gasteiger partial charge in [0, 0.05) is 14.1 Å². The molecule has 0 heterocycles. The summed E-state index contributed by atoms with van der Waals surface area (Å²) in [6, 6.07) is 10.8. The lowest BCUT2D eigenvalue weighted by Gasteiger charge is -2.08. The zero-order valence-corrected chi connectivity index (χ0v) is 12.2. The Morgan fingerprint density at radius 3 is 2.16 bits per heavy atom. The summed E-state index contributed by atoms with van der Waals surface area (Å²) < 4.78 is 8.88. The molecule has 0 spiro atoms. The second-order valence-corrected chi connectivity index (χ2v) is 5.31. The van der Waals surface area contributed by atoms with Crippen LogP contribution in [0.15, 0.2) is 35.3 Å². The van der Waals surface area contributed by atoms with Gasteiger partial charge in [-0.25, -0.2) is 4.57 Å². The molecule has 1 atom stereocenters. The standard InChI is InChI=1S/C12H18N2.H3O4P/c1-11(13-10-14(2)3)9-12-7-5-4-6-8-12;1-5(2,3)4/h4-8,10-11H,9H2,1-3H3;(H3,1,2,3,4). The van der Waals surface area contributed by atoms with E-state index in [1.54, 1.807) is 0 Å². The Morgan fingerprint density at radius 2 is 1.74 bits per heavy atom. The van der Waals surface area contributed by atoms with E-state index in [0.29, 0.717) is 6.04 Å². The number of rotatable bonds is 4. The molecule has 0 bridgehead atoms. The molecule has 0 aliphatic heterocycles. The van der Waals surface area contributed by atoms with Crippen LogP contribution < -0.4 is 0 Å². The Kier molecular flexibility index (Phi) is 8.27. The van der Waals surface area contributed by atoms with Gasteiger partial charge >= 0.3 is 7.82 Å². The van der Waals surface area contributed by atoms with E-state index in [1.807, 2.05) is 31.4 Å². The lowest BCUT2D eigenvalue weighted by atomic mass is 10.1. The van der Waals surface area contributed by atoms with Crippen LogP contribution in [0.2, 0.25) is 0 Å². The highest BCUT2D eigenvalue weighted by Crippen LogP contribution is 2.25. The number of hydrogen-bond acceptors (Lipinski definition) is 2. The smallest absolute Gasteiger partial charge is 0.369 e. The van der Waals surface area contributed by atoms with Gasteiger partial charge in [0.15, 0.2) is 0 Å². The lowest BCUT2D eigenvalue weighted by molar-refractivity contribution is 0.275. The van der Waals surface area contributed by atoms with Crippen LogP contribution in [0.4, 0.5) is 0 Å². The maximum absolute atomic E-state index is 8.88. The summed E-state index contributed by atoms with van der Waals surface area (Å²) in [5, 5.41) is 0. The fourth-order valence-electron chi connectivity index (χ4n) is 1.26. The van der Waals surface area contributed by atoms with Crippen LogP contribution in [-0.2, 0) is 11.0 Å². The fraction of sp³-hybridized carbons (Fsp3) is 0.417. The highest BCUT2D eigenvalue weighted by Gasteiger charge is 2.00. The lowest BCUT2D eigenvalue weighted by Crippen LogP contribution is -2.11. The first kappa shape index (κ1) is 17.8. The highest BCUT2D eigenvalue weighted by molar-refractivity contribution is 7.45. The van der Waals surface area contributed by atoms with Gasteiger partial charge in [0.1, 0.15) is 0 Å². The maximum atomic E-state index is 8.88. The maximum Gasteiger partial charge on any atom is 0.466 e. The van der Waals surface area contributed by atoms with Gasteiger partial charge in [0.05, 0.1) is 12.4 Å². The zero-order valence-electron chi connectivity index (χ0n) is 11.3. The van der Waals surface area contributed by atoms with Crippen LogP contribution in [0.25, 0.3) is 0 Å². The molecule has 0 radical (unpaired) electrons. The van der Waals surface area contributed by atoms with Gasteiger partial charge < -0.3 is 19.6 Å². The molecule has 0 saturated heterocycles. The van der Waals surface area contributed by atoms with E-state index >= 15 is 0 Å². The molecule has 1 aromatic rings. The fourth-order valence-corrected chi connectivity index (χ4v) is 1.26. The molecular weight excluding hydrogens is 267 g/mol. The molecule has 108 valence electrons. The third-order valence-corrected chi connectivity index (χ3v) is 1.93. The van der Waals surface area contributed by atoms with Crippen LogP contribution in [0.5, 0.6) is 0 Å². The van der Waals surface area contributed by atoms with Crippen molar-refractivity contribution in [2.75, 3.05) is 14.1 Å². The first-order valence-corrected chi connectivity index (χ1v) is 7.27. The Hall–Kier alpha value is -1.20. The van der Waals surface area contributed by atoms with Crippen LogP contribution in [0, 0.1) is 0 Å². The molecule has 0 amide bonds. The molecule has 1 unspecified atom stereocenters. The summed E-state index contributed by atoms with van der Waals surface area (Å²) in [6.07, 6.45) is 2.87. The van der Waals surface area contributed by atoms with Crippen LogP contribution in [-0.4, -0.2) is 46.1 Å². The largest absolute Gasteiger partial charge is 0.466 e. The van der Waals surface area contributed by atoms with Crippen LogP contribution in [0.3, 0.4) is 0 Å². The molecule has 1 rings (SSSR count). The molecule has 3 N–H and O–H groups in total. The molecule has 19 heavy (non-hydrogen) atoms. The van der Waals surface area contributed by atoms with E-state index in [2.05, 4.69) is 36.2 Å². The summed E-state index contributed by atoms with van der Waals surface area (Å²) in [4.78, 5) is 27.9. The van der Waals surface area contributed by atoms with E-state index in [1.165, 1.54) is 5.56 Å². The highest BCUT2D eigenvalue weighted by atomic mass is 31.2. The quantitative estimate of drug-likeness (QED) is 0.441. The van der Waals surface area contributed by atoms with Gasteiger partial charge in [-0.05, 0) is 18.9 Å². The Balaban J connectivity index is 0.000000555. The van der Waals surface area contributed by atoms with Gasteiger partial charge in [-0.15, -0.1) is 0 Å². The topological polar surface area (TPSA) is 93.4 Å². The van der Waals surface area contributed by atoms with E-state index in [4.69, 9.17) is 19.2 Å². The normalized spacial score (nSPS) is 12.7. The molecule has 0 saturated carbocycles. The summed E-state index contributed by atoms with van der Waals surface area (Å²) in [5.41, 5.74) is 1.34. The molecule has 0 aliphatic rings. The Labute approximate surface area is 113 Å². The molecule has 1 aromatic carbocycles. The minimum Gasteiger partial charge on any atom is -0.369 e. The van der Waals surface area contributed by atoms with Gasteiger partial charge in [-0.1, -0.05) is 30.3 Å². The SMILES string of the molecule is CC(Cc1ccccc1)N=CN(C)C.O=P(O)(O)O. The summed E-state index contributed by atoms with van der Waals surface area (Å²) in [5.74, 6) is 0. The van der Waals surface area contributed by atoms with Gasteiger partial charge in [0.2, 0.25) is 0 Å². The molecular formula is C12H21N2O4P. The van der Waals surface area contributed by atoms with Crippen LogP contribution in [0.1, 0.15) is 12.5 Å². The van der Waals surface area contributed by atoms with Crippen molar-refractivity contribution < 1.29 is 19.2 Å². The minimum atomic E-state index is -4.64. The third-order valence-electron chi connectivity index (χ3n) is 1.93. The molecule has 0 aliphatic carbocycles. The van der Waals surface area contributed by atoms with Crippen LogP contribution >= 0.6 is 7.82 Å². The predicted octanol–water partition coefficient (Wildman–Crippen LogP) is 1.28. The van der Waals surface area contributed by atoms with Gasteiger partial charge in [-0.2, -0.15) is 0 Å². The first-order chi connectivity index (χ1) is 8.68. The molecule has 6 nitrogen and oxygen atoms in total. The first-order valence-electron chi connectivity index (χ1n) is 5.70. The van der Waals surface area contributed by atoms with Crippen molar-refractivity contribution in [3.05, 3.63) is 35.9 Å². The average molecular weight is 288 g/mol. The summed E-state index contributed by atoms with van der Waals surface area (Å²) in [7, 11) is -0.669. The number of nitrogens with zero attached hydrogens (tertiary/aromatic N) is 2. The predicted molar refractivity (Wildman–Crippen MR) is 76.0 cm³/mol. The molecule has 7 heteroatoms. The molecule has 0 fully saturated rings. The van der Waals surface area contributed by atoms with Crippen molar-refractivity contribution in [3.8, 4) is 0 Å².